The van der Waals surface area contributed by atoms with Crippen molar-refractivity contribution >= 4 is 7.37 Å². The lowest BCUT2D eigenvalue weighted by Crippen LogP contribution is -2.02. The van der Waals surface area contributed by atoms with Crippen LogP contribution in [0.4, 0.5) is 0 Å². The van der Waals surface area contributed by atoms with Crippen LogP contribution in [0.3, 0.4) is 0 Å². The maximum absolute atomic E-state index is 10.6. The lowest BCUT2D eigenvalue weighted by Gasteiger charge is -2.04. The zero-order valence-corrected chi connectivity index (χ0v) is 5.90. The molecule has 3 N–H and O–H groups in total. The highest BCUT2D eigenvalue weighted by molar-refractivity contribution is 7.57. The Morgan fingerprint density at radius 1 is 1.75 bits per heavy atom. The van der Waals surface area contributed by atoms with Crippen LogP contribution in [0.2, 0.25) is 0 Å². The van der Waals surface area contributed by atoms with Gasteiger partial charge in [0.2, 0.25) is 7.37 Å². The number of hydrogen-bond acceptors (Lipinski definition) is 2. The summed E-state index contributed by atoms with van der Waals surface area (Å²) in [5.74, 6) is 0. The van der Waals surface area contributed by atoms with E-state index in [-0.39, 0.29) is 6.29 Å². The molecule has 0 spiro atoms. The van der Waals surface area contributed by atoms with Crippen LogP contribution in [-0.2, 0) is 4.57 Å². The Labute approximate surface area is 49.3 Å². The van der Waals surface area contributed by atoms with Gasteiger partial charge < -0.3 is 10.6 Å². The van der Waals surface area contributed by atoms with Gasteiger partial charge in [0.05, 0.1) is 6.29 Å². The van der Waals surface area contributed by atoms with Crippen molar-refractivity contribution in [1.29, 1.82) is 0 Å². The third-order valence-electron chi connectivity index (χ3n) is 0.858. The Hall–Kier alpha value is 0.150. The van der Waals surface area contributed by atoms with Gasteiger partial charge >= 0.3 is 0 Å². The van der Waals surface area contributed by atoms with Crippen molar-refractivity contribution in [3.05, 3.63) is 0 Å². The minimum absolute atomic E-state index is 0.0825. The van der Waals surface area contributed by atoms with Gasteiger partial charge in [0, 0.05) is 6.16 Å². The van der Waals surface area contributed by atoms with Crippen LogP contribution >= 0.6 is 7.37 Å². The second kappa shape index (κ2) is 3.23. The molecule has 1 atom stereocenters. The van der Waals surface area contributed by atoms with Gasteiger partial charge in [-0.2, -0.15) is 0 Å². The van der Waals surface area contributed by atoms with Crippen molar-refractivity contribution in [2.75, 3.05) is 12.4 Å². The van der Waals surface area contributed by atoms with Crippen molar-refractivity contribution in [2.24, 2.45) is 5.73 Å². The molecule has 0 heterocycles. The summed E-state index contributed by atoms with van der Waals surface area (Å²) in [6.45, 7) is 1.86. The molecule has 0 aliphatic carbocycles. The summed E-state index contributed by atoms with van der Waals surface area (Å²) in [5, 5.41) is 0. The summed E-state index contributed by atoms with van der Waals surface area (Å²) in [5.41, 5.74) is 4.98. The van der Waals surface area contributed by atoms with E-state index in [0.29, 0.717) is 6.16 Å². The van der Waals surface area contributed by atoms with E-state index in [1.165, 1.54) is 0 Å². The summed E-state index contributed by atoms with van der Waals surface area (Å²) in [6, 6.07) is 0. The van der Waals surface area contributed by atoms with Crippen molar-refractivity contribution in [1.82, 2.24) is 0 Å². The number of hydrogen-bond donors (Lipinski definition) is 2. The van der Waals surface area contributed by atoms with Crippen molar-refractivity contribution in [3.63, 3.8) is 0 Å². The molecule has 0 aromatic heterocycles. The van der Waals surface area contributed by atoms with Gasteiger partial charge in [-0.1, -0.05) is 6.92 Å². The first-order chi connectivity index (χ1) is 3.62. The number of nitrogens with two attached hydrogens (primary N) is 1. The SMILES string of the molecule is CCCP(=O)(O)CN. The van der Waals surface area contributed by atoms with Crippen molar-refractivity contribution in [2.45, 2.75) is 13.3 Å². The highest BCUT2D eigenvalue weighted by atomic mass is 31.2. The molecule has 8 heavy (non-hydrogen) atoms. The van der Waals surface area contributed by atoms with Crippen LogP contribution in [0.15, 0.2) is 0 Å². The molecule has 0 aromatic carbocycles. The standard InChI is InChI=1S/C4H12NO2P/c1-2-3-8(6,7)4-5/h2-5H2,1H3,(H,6,7). The van der Waals surface area contributed by atoms with Gasteiger partial charge in [-0.3, -0.25) is 4.57 Å². The summed E-state index contributed by atoms with van der Waals surface area (Å²) in [4.78, 5) is 8.75. The van der Waals surface area contributed by atoms with Crippen LogP contribution in [0.5, 0.6) is 0 Å². The summed E-state index contributed by atoms with van der Waals surface area (Å²) in [7, 11) is -2.90. The molecule has 3 nitrogen and oxygen atoms in total. The fourth-order valence-electron chi connectivity index (χ4n) is 0.441. The molecule has 1 unspecified atom stereocenters. The second-order valence-electron chi connectivity index (χ2n) is 1.75. The quantitative estimate of drug-likeness (QED) is 0.559. The lowest BCUT2D eigenvalue weighted by molar-refractivity contribution is 0.477. The Kier molecular flexibility index (Phi) is 3.29. The lowest BCUT2D eigenvalue weighted by atomic mass is 10.6. The van der Waals surface area contributed by atoms with E-state index >= 15 is 0 Å². The van der Waals surface area contributed by atoms with Gasteiger partial charge in [-0.05, 0) is 6.42 Å². The molecule has 0 fully saturated rings. The molecular formula is C4H12NO2P. The first-order valence-electron chi connectivity index (χ1n) is 2.63. The minimum atomic E-state index is -2.90. The molecule has 0 aromatic rings. The Balaban J connectivity index is 3.55. The summed E-state index contributed by atoms with van der Waals surface area (Å²) in [6.07, 6.45) is 0.995. The van der Waals surface area contributed by atoms with E-state index in [2.05, 4.69) is 0 Å². The molecule has 0 rings (SSSR count). The topological polar surface area (TPSA) is 63.3 Å². The van der Waals surface area contributed by atoms with E-state index in [4.69, 9.17) is 10.6 Å². The zero-order valence-electron chi connectivity index (χ0n) is 5.00. The smallest absolute Gasteiger partial charge is 0.213 e. The van der Waals surface area contributed by atoms with Gasteiger partial charge in [0.1, 0.15) is 0 Å². The molecule has 0 aliphatic heterocycles. The van der Waals surface area contributed by atoms with Crippen molar-refractivity contribution < 1.29 is 9.46 Å². The van der Waals surface area contributed by atoms with Crippen LogP contribution in [0, 0.1) is 0 Å². The van der Waals surface area contributed by atoms with Crippen LogP contribution in [-0.4, -0.2) is 17.3 Å². The van der Waals surface area contributed by atoms with Gasteiger partial charge in [0.25, 0.3) is 0 Å². The largest absolute Gasteiger partial charge is 0.343 e. The Morgan fingerprint density at radius 3 is 2.38 bits per heavy atom. The fourth-order valence-corrected chi connectivity index (χ4v) is 1.32. The first-order valence-corrected chi connectivity index (χ1v) is 4.66. The second-order valence-corrected chi connectivity index (χ2v) is 4.26. The highest BCUT2D eigenvalue weighted by Gasteiger charge is 2.11. The van der Waals surface area contributed by atoms with Crippen LogP contribution in [0.1, 0.15) is 13.3 Å². The van der Waals surface area contributed by atoms with E-state index < -0.39 is 7.37 Å². The highest BCUT2D eigenvalue weighted by Crippen LogP contribution is 2.37. The van der Waals surface area contributed by atoms with Gasteiger partial charge in [-0.15, -0.1) is 0 Å². The first kappa shape index (κ1) is 8.15. The molecular weight excluding hydrogens is 125 g/mol. The van der Waals surface area contributed by atoms with Crippen molar-refractivity contribution in [3.8, 4) is 0 Å². The molecule has 0 saturated heterocycles. The van der Waals surface area contributed by atoms with Crippen LogP contribution in [0.25, 0.3) is 0 Å². The maximum atomic E-state index is 10.6. The molecule has 4 heteroatoms. The third-order valence-corrected chi connectivity index (χ3v) is 2.57. The molecule has 50 valence electrons. The van der Waals surface area contributed by atoms with E-state index in [1.54, 1.807) is 0 Å². The summed E-state index contributed by atoms with van der Waals surface area (Å²) < 4.78 is 10.6. The van der Waals surface area contributed by atoms with Gasteiger partial charge in [0.15, 0.2) is 0 Å². The predicted octanol–water partition coefficient (Wildman–Crippen LogP) is 0.583. The van der Waals surface area contributed by atoms with E-state index in [9.17, 15) is 4.57 Å². The molecule has 0 bridgehead atoms. The average Bonchev–Trinajstić information content (AvgIpc) is 1.67. The molecule has 0 radical (unpaired) electrons. The molecule has 0 saturated carbocycles. The maximum Gasteiger partial charge on any atom is 0.213 e. The normalized spacial score (nSPS) is 17.9. The molecule has 0 amide bonds. The molecule has 0 aliphatic rings. The average molecular weight is 137 g/mol. The predicted molar refractivity (Wildman–Crippen MR) is 34.0 cm³/mol. The Bertz CT molecular complexity index is 104. The van der Waals surface area contributed by atoms with E-state index in [1.807, 2.05) is 6.92 Å². The zero-order chi connectivity index (χ0) is 6.62. The monoisotopic (exact) mass is 137 g/mol. The Morgan fingerprint density at radius 2 is 2.25 bits per heavy atom. The third kappa shape index (κ3) is 3.19. The minimum Gasteiger partial charge on any atom is -0.343 e. The van der Waals surface area contributed by atoms with Crippen LogP contribution < -0.4 is 5.73 Å². The summed E-state index contributed by atoms with van der Waals surface area (Å²) >= 11 is 0. The number of rotatable bonds is 3. The fraction of sp³-hybridized carbons (Fsp3) is 1.00. The van der Waals surface area contributed by atoms with E-state index in [0.717, 1.165) is 6.42 Å². The van der Waals surface area contributed by atoms with Gasteiger partial charge in [-0.25, -0.2) is 0 Å².